The summed E-state index contributed by atoms with van der Waals surface area (Å²) in [6.07, 6.45) is -3.76. The van der Waals surface area contributed by atoms with Gasteiger partial charge in [0.25, 0.3) is 17.5 Å². The molecule has 0 bridgehead atoms. The molecule has 0 radical (unpaired) electrons. The lowest BCUT2D eigenvalue weighted by atomic mass is 10.1. The molecule has 2 N–H and O–H groups in total. The van der Waals surface area contributed by atoms with Crippen LogP contribution in [-0.2, 0) is 10.9 Å². The minimum atomic E-state index is -4.43. The first-order valence-electron chi connectivity index (χ1n) is 9.40. The number of alkyl halides is 3. The van der Waals surface area contributed by atoms with E-state index in [0.717, 1.165) is 18.2 Å². The maximum absolute atomic E-state index is 12.7. The van der Waals surface area contributed by atoms with Gasteiger partial charge in [0, 0.05) is 12.5 Å². The van der Waals surface area contributed by atoms with E-state index in [4.69, 9.17) is 9.47 Å². The van der Waals surface area contributed by atoms with Crippen LogP contribution in [0.5, 0.6) is 6.01 Å². The Hall–Kier alpha value is -2.88. The Kier molecular flexibility index (Phi) is 7.99. The van der Waals surface area contributed by atoms with E-state index in [0.29, 0.717) is 18.6 Å². The number of rotatable bonds is 9. The summed E-state index contributed by atoms with van der Waals surface area (Å²) in [4.78, 5) is 30.6. The average Bonchev–Trinajstić information content (AvgIpc) is 2.66. The van der Waals surface area contributed by atoms with Crippen LogP contribution >= 0.6 is 0 Å². The number of ether oxygens (including phenoxy) is 2. The van der Waals surface area contributed by atoms with Gasteiger partial charge in [0.15, 0.2) is 0 Å². The van der Waals surface area contributed by atoms with Crippen molar-refractivity contribution in [3.8, 4) is 6.01 Å². The molecular weight excluding hydrogens is 403 g/mol. The lowest BCUT2D eigenvalue weighted by molar-refractivity contribution is -0.137. The van der Waals surface area contributed by atoms with E-state index in [1.165, 1.54) is 12.1 Å². The molecule has 1 heterocycles. The second-order valence-corrected chi connectivity index (χ2v) is 6.87. The molecule has 1 amide bonds. The number of hydrogen-bond acceptors (Lipinski definition) is 5. The highest BCUT2D eigenvalue weighted by molar-refractivity contribution is 5.92. The molecule has 0 saturated heterocycles. The van der Waals surface area contributed by atoms with Crippen LogP contribution in [0.4, 0.5) is 13.2 Å². The highest BCUT2D eigenvalue weighted by Crippen LogP contribution is 2.29. The molecule has 30 heavy (non-hydrogen) atoms. The van der Waals surface area contributed by atoms with Gasteiger partial charge < -0.3 is 14.8 Å². The van der Waals surface area contributed by atoms with Crippen molar-refractivity contribution in [2.24, 2.45) is 0 Å². The van der Waals surface area contributed by atoms with Crippen LogP contribution in [0.2, 0.25) is 0 Å². The summed E-state index contributed by atoms with van der Waals surface area (Å²) in [5.74, 6) is -0.651. The zero-order valence-corrected chi connectivity index (χ0v) is 16.9. The second kappa shape index (κ2) is 10.2. The summed E-state index contributed by atoms with van der Waals surface area (Å²) in [7, 11) is 0. The third-order valence-corrected chi connectivity index (χ3v) is 4.02. The number of carbonyl (C=O) groups is 1. The number of aromatic amines is 1. The van der Waals surface area contributed by atoms with Gasteiger partial charge in [-0.1, -0.05) is 12.1 Å². The number of amides is 1. The topological polar surface area (TPSA) is 93.3 Å². The third-order valence-electron chi connectivity index (χ3n) is 4.02. The SMILES string of the molecule is CC(C)OCCCOc1nc(C(=O)NC(C)c2ccc(C(F)(F)F)cc2)cc(=O)[nH]1. The van der Waals surface area contributed by atoms with Crippen LogP contribution in [0.15, 0.2) is 35.1 Å². The van der Waals surface area contributed by atoms with E-state index in [1.807, 2.05) is 13.8 Å². The van der Waals surface area contributed by atoms with Crippen LogP contribution < -0.4 is 15.6 Å². The Morgan fingerprint density at radius 2 is 1.83 bits per heavy atom. The maximum atomic E-state index is 12.7. The van der Waals surface area contributed by atoms with Crippen molar-refractivity contribution in [1.29, 1.82) is 0 Å². The number of aromatic nitrogens is 2. The minimum Gasteiger partial charge on any atom is -0.465 e. The van der Waals surface area contributed by atoms with Crippen LogP contribution in [0.25, 0.3) is 0 Å². The Balaban J connectivity index is 1.99. The smallest absolute Gasteiger partial charge is 0.416 e. The summed E-state index contributed by atoms with van der Waals surface area (Å²) < 4.78 is 48.7. The Morgan fingerprint density at radius 1 is 1.17 bits per heavy atom. The fourth-order valence-corrected chi connectivity index (χ4v) is 2.48. The molecule has 0 spiro atoms. The lowest BCUT2D eigenvalue weighted by Crippen LogP contribution is -2.29. The number of nitrogens with zero attached hydrogens (tertiary/aromatic N) is 1. The largest absolute Gasteiger partial charge is 0.465 e. The van der Waals surface area contributed by atoms with Gasteiger partial charge in [0.1, 0.15) is 5.69 Å². The van der Waals surface area contributed by atoms with Crippen LogP contribution in [0.1, 0.15) is 54.8 Å². The number of halogens is 3. The molecule has 2 rings (SSSR count). The zero-order chi connectivity index (χ0) is 22.3. The molecule has 0 aliphatic rings. The van der Waals surface area contributed by atoms with Gasteiger partial charge in [0.05, 0.1) is 30.9 Å². The summed E-state index contributed by atoms with van der Waals surface area (Å²) >= 11 is 0. The summed E-state index contributed by atoms with van der Waals surface area (Å²) in [6, 6.07) is 4.78. The first kappa shape index (κ1) is 23.4. The van der Waals surface area contributed by atoms with Gasteiger partial charge in [-0.2, -0.15) is 18.2 Å². The van der Waals surface area contributed by atoms with E-state index in [9.17, 15) is 22.8 Å². The molecule has 1 aromatic carbocycles. The van der Waals surface area contributed by atoms with Crippen molar-refractivity contribution in [3.63, 3.8) is 0 Å². The van der Waals surface area contributed by atoms with E-state index in [-0.39, 0.29) is 24.4 Å². The van der Waals surface area contributed by atoms with E-state index in [2.05, 4.69) is 15.3 Å². The van der Waals surface area contributed by atoms with Crippen molar-refractivity contribution in [3.05, 3.63) is 57.5 Å². The first-order valence-corrected chi connectivity index (χ1v) is 9.40. The predicted molar refractivity (Wildman–Crippen MR) is 103 cm³/mol. The highest BCUT2D eigenvalue weighted by Gasteiger charge is 2.30. The number of H-pyrrole nitrogens is 1. The van der Waals surface area contributed by atoms with Crippen LogP contribution in [-0.4, -0.2) is 35.2 Å². The molecule has 10 heteroatoms. The number of carbonyl (C=O) groups excluding carboxylic acids is 1. The fourth-order valence-electron chi connectivity index (χ4n) is 2.48. The van der Waals surface area contributed by atoms with Gasteiger partial charge in [-0.25, -0.2) is 0 Å². The van der Waals surface area contributed by atoms with Gasteiger partial charge in [-0.15, -0.1) is 0 Å². The number of nitrogens with one attached hydrogen (secondary N) is 2. The van der Waals surface area contributed by atoms with E-state index >= 15 is 0 Å². The highest BCUT2D eigenvalue weighted by atomic mass is 19.4. The Bertz CT molecular complexity index is 895. The van der Waals surface area contributed by atoms with E-state index in [1.54, 1.807) is 6.92 Å². The van der Waals surface area contributed by atoms with Crippen molar-refractivity contribution < 1.29 is 27.4 Å². The summed E-state index contributed by atoms with van der Waals surface area (Å²) in [5.41, 5.74) is -1.03. The van der Waals surface area contributed by atoms with Crippen molar-refractivity contribution in [1.82, 2.24) is 15.3 Å². The quantitative estimate of drug-likeness (QED) is 0.598. The molecule has 1 aromatic heterocycles. The molecule has 0 aliphatic carbocycles. The van der Waals surface area contributed by atoms with Gasteiger partial charge >= 0.3 is 6.18 Å². The van der Waals surface area contributed by atoms with Crippen molar-refractivity contribution in [2.75, 3.05) is 13.2 Å². The van der Waals surface area contributed by atoms with Crippen molar-refractivity contribution >= 4 is 5.91 Å². The van der Waals surface area contributed by atoms with E-state index < -0.39 is 29.2 Å². The van der Waals surface area contributed by atoms with Gasteiger partial charge in [-0.3, -0.25) is 14.6 Å². The molecule has 7 nitrogen and oxygen atoms in total. The number of benzene rings is 1. The minimum absolute atomic E-state index is 0.0978. The second-order valence-electron chi connectivity index (χ2n) is 6.87. The van der Waals surface area contributed by atoms with Crippen LogP contribution in [0.3, 0.4) is 0 Å². The predicted octanol–water partition coefficient (Wildman–Crippen LogP) is 3.47. The molecule has 1 atom stereocenters. The molecule has 0 saturated carbocycles. The standard InChI is InChI=1S/C20H24F3N3O4/c1-12(2)29-9-4-10-30-19-25-16(11-17(27)26-19)18(28)24-13(3)14-5-7-15(8-6-14)20(21,22)23/h5-8,11-13H,4,9-10H2,1-3H3,(H,24,28)(H,25,26,27). The average molecular weight is 427 g/mol. The normalized spacial score (nSPS) is 12.6. The molecule has 164 valence electrons. The molecule has 2 aromatic rings. The molecule has 1 unspecified atom stereocenters. The van der Waals surface area contributed by atoms with Gasteiger partial charge in [0.2, 0.25) is 0 Å². The van der Waals surface area contributed by atoms with Crippen molar-refractivity contribution in [2.45, 2.75) is 45.5 Å². The first-order chi connectivity index (χ1) is 14.1. The van der Waals surface area contributed by atoms with Gasteiger partial charge in [-0.05, 0) is 38.5 Å². The molecule has 0 aliphatic heterocycles. The molecule has 0 fully saturated rings. The maximum Gasteiger partial charge on any atom is 0.416 e. The lowest BCUT2D eigenvalue weighted by Gasteiger charge is -2.15. The Morgan fingerprint density at radius 3 is 2.43 bits per heavy atom. The number of hydrogen-bond donors (Lipinski definition) is 2. The monoisotopic (exact) mass is 427 g/mol. The molecular formula is C20H24F3N3O4. The summed E-state index contributed by atoms with van der Waals surface area (Å²) in [5, 5.41) is 2.60. The van der Waals surface area contributed by atoms with Crippen LogP contribution in [0, 0.1) is 0 Å². The zero-order valence-electron chi connectivity index (χ0n) is 16.9. The fraction of sp³-hybridized carbons (Fsp3) is 0.450. The summed E-state index contributed by atoms with van der Waals surface area (Å²) in [6.45, 7) is 6.15. The Labute approximate surface area is 171 Å². The third kappa shape index (κ3) is 7.18.